The summed E-state index contributed by atoms with van der Waals surface area (Å²) in [4.78, 5) is 35.5. The topological polar surface area (TPSA) is 107 Å². The van der Waals surface area contributed by atoms with E-state index in [0.29, 0.717) is 19.4 Å². The van der Waals surface area contributed by atoms with Crippen molar-refractivity contribution in [2.75, 3.05) is 6.54 Å². The second-order valence-corrected chi connectivity index (χ2v) is 4.44. The first kappa shape index (κ1) is 14.4. The van der Waals surface area contributed by atoms with Crippen LogP contribution in [0.3, 0.4) is 0 Å². The molecule has 0 unspecified atom stereocenters. The quantitative estimate of drug-likeness (QED) is 0.596. The normalized spacial score (nSPS) is 22.4. The maximum Gasteiger partial charge on any atom is 0.328 e. The molecule has 1 aliphatic heterocycles. The van der Waals surface area contributed by atoms with E-state index in [9.17, 15) is 19.5 Å². The van der Waals surface area contributed by atoms with Crippen molar-refractivity contribution < 1.29 is 24.6 Å². The molecule has 2 amide bonds. The molecule has 0 radical (unpaired) electrons. The lowest BCUT2D eigenvalue weighted by molar-refractivity contribution is -0.146. The molecule has 1 heterocycles. The van der Waals surface area contributed by atoms with E-state index in [1.807, 2.05) is 0 Å². The highest BCUT2D eigenvalue weighted by molar-refractivity contribution is 5.90. The van der Waals surface area contributed by atoms with Crippen molar-refractivity contribution in [2.24, 2.45) is 0 Å². The monoisotopic (exact) mass is 258 g/mol. The Hall–Kier alpha value is -1.63. The second kappa shape index (κ2) is 5.81. The molecule has 0 aromatic rings. The maximum absolute atomic E-state index is 11.9. The van der Waals surface area contributed by atoms with Crippen LogP contribution >= 0.6 is 0 Å². The lowest BCUT2D eigenvalue weighted by atomic mass is 10.1. The summed E-state index contributed by atoms with van der Waals surface area (Å²) >= 11 is 0. The summed E-state index contributed by atoms with van der Waals surface area (Å²) in [5.74, 6) is -2.04. The van der Waals surface area contributed by atoms with Gasteiger partial charge < -0.3 is 20.4 Å². The first-order valence-corrected chi connectivity index (χ1v) is 5.83. The molecule has 0 bridgehead atoms. The van der Waals surface area contributed by atoms with E-state index < -0.39 is 30.1 Å². The highest BCUT2D eigenvalue weighted by Gasteiger charge is 2.35. The minimum absolute atomic E-state index is 0.212. The Morgan fingerprint density at radius 1 is 1.39 bits per heavy atom. The zero-order valence-corrected chi connectivity index (χ0v) is 10.4. The molecule has 0 aromatic heterocycles. The van der Waals surface area contributed by atoms with E-state index >= 15 is 0 Å². The average molecular weight is 258 g/mol. The van der Waals surface area contributed by atoms with E-state index in [1.165, 1.54) is 18.7 Å². The Balaban J connectivity index is 2.69. The SMILES string of the molecule is CC(=O)N1CCC[C@H]1C(=O)N[C@H](C(=O)O)[C@@H](C)O. The van der Waals surface area contributed by atoms with Crippen molar-refractivity contribution in [2.45, 2.75) is 44.9 Å². The fourth-order valence-corrected chi connectivity index (χ4v) is 2.05. The summed E-state index contributed by atoms with van der Waals surface area (Å²) in [6.07, 6.45) is 0.0281. The number of carbonyl (C=O) groups is 3. The van der Waals surface area contributed by atoms with E-state index in [1.54, 1.807) is 0 Å². The number of carboxylic acids is 1. The predicted molar refractivity (Wildman–Crippen MR) is 61.7 cm³/mol. The Morgan fingerprint density at radius 3 is 2.44 bits per heavy atom. The van der Waals surface area contributed by atoms with Crippen LogP contribution in [0.15, 0.2) is 0 Å². The molecule has 18 heavy (non-hydrogen) atoms. The Labute approximate surface area is 105 Å². The molecule has 3 atom stereocenters. The van der Waals surface area contributed by atoms with Gasteiger partial charge in [-0.2, -0.15) is 0 Å². The standard InChI is InChI=1S/C11H18N2O5/c1-6(14)9(11(17)18)12-10(16)8-4-3-5-13(8)7(2)15/h6,8-9,14H,3-5H2,1-2H3,(H,12,16)(H,17,18)/t6-,8+,9+/m1/s1. The third-order valence-electron chi connectivity index (χ3n) is 3.01. The minimum Gasteiger partial charge on any atom is -0.480 e. The van der Waals surface area contributed by atoms with Gasteiger partial charge in [0, 0.05) is 13.5 Å². The summed E-state index contributed by atoms with van der Waals surface area (Å²) in [6, 6.07) is -1.99. The molecule has 7 nitrogen and oxygen atoms in total. The van der Waals surface area contributed by atoms with Gasteiger partial charge in [-0.05, 0) is 19.8 Å². The third-order valence-corrected chi connectivity index (χ3v) is 3.01. The van der Waals surface area contributed by atoms with E-state index in [2.05, 4.69) is 5.32 Å². The average Bonchev–Trinajstić information content (AvgIpc) is 2.73. The number of amides is 2. The Bertz CT molecular complexity index is 355. The van der Waals surface area contributed by atoms with Crippen molar-refractivity contribution in [1.29, 1.82) is 0 Å². The predicted octanol–water partition coefficient (Wildman–Crippen LogP) is -1.05. The fourth-order valence-electron chi connectivity index (χ4n) is 2.05. The van der Waals surface area contributed by atoms with Gasteiger partial charge in [-0.15, -0.1) is 0 Å². The molecule has 0 saturated carbocycles. The number of aliphatic hydroxyl groups excluding tert-OH is 1. The maximum atomic E-state index is 11.9. The van der Waals surface area contributed by atoms with Crippen molar-refractivity contribution in [3.05, 3.63) is 0 Å². The van der Waals surface area contributed by atoms with Crippen LogP contribution in [0, 0.1) is 0 Å². The molecule has 1 fully saturated rings. The molecule has 7 heteroatoms. The minimum atomic E-state index is -1.35. The molecule has 0 aromatic carbocycles. The number of nitrogens with zero attached hydrogens (tertiary/aromatic N) is 1. The number of rotatable bonds is 4. The number of carboxylic acid groups (broad SMARTS) is 1. The summed E-state index contributed by atoms with van der Waals surface area (Å²) in [5, 5.41) is 20.4. The van der Waals surface area contributed by atoms with Crippen LogP contribution < -0.4 is 5.32 Å². The third kappa shape index (κ3) is 3.19. The Morgan fingerprint density at radius 2 is 2.00 bits per heavy atom. The first-order valence-electron chi connectivity index (χ1n) is 5.83. The number of carbonyl (C=O) groups excluding carboxylic acids is 2. The van der Waals surface area contributed by atoms with Crippen molar-refractivity contribution in [3.8, 4) is 0 Å². The summed E-state index contributed by atoms with van der Waals surface area (Å²) < 4.78 is 0. The molecule has 0 spiro atoms. The van der Waals surface area contributed by atoms with Crippen molar-refractivity contribution in [1.82, 2.24) is 10.2 Å². The van der Waals surface area contributed by atoms with Crippen molar-refractivity contribution in [3.63, 3.8) is 0 Å². The van der Waals surface area contributed by atoms with Gasteiger partial charge in [-0.25, -0.2) is 4.79 Å². The summed E-state index contributed by atoms with van der Waals surface area (Å²) in [6.45, 7) is 3.16. The molecular formula is C11H18N2O5. The number of nitrogens with one attached hydrogen (secondary N) is 1. The molecule has 1 aliphatic rings. The van der Waals surface area contributed by atoms with Gasteiger partial charge in [-0.3, -0.25) is 9.59 Å². The first-order chi connectivity index (χ1) is 8.34. The zero-order chi connectivity index (χ0) is 13.9. The lowest BCUT2D eigenvalue weighted by Crippen LogP contribution is -2.53. The summed E-state index contributed by atoms with van der Waals surface area (Å²) in [7, 11) is 0. The smallest absolute Gasteiger partial charge is 0.328 e. The van der Waals surface area contributed by atoms with Crippen LogP contribution in [0.5, 0.6) is 0 Å². The fraction of sp³-hybridized carbons (Fsp3) is 0.727. The van der Waals surface area contributed by atoms with Gasteiger partial charge >= 0.3 is 5.97 Å². The number of hydrogen-bond donors (Lipinski definition) is 3. The van der Waals surface area contributed by atoms with Crippen LogP contribution in [0.2, 0.25) is 0 Å². The highest BCUT2D eigenvalue weighted by Crippen LogP contribution is 2.17. The number of aliphatic hydroxyl groups is 1. The van der Waals surface area contributed by atoms with Gasteiger partial charge in [0.25, 0.3) is 0 Å². The van der Waals surface area contributed by atoms with Crippen LogP contribution in [-0.2, 0) is 14.4 Å². The van der Waals surface area contributed by atoms with Gasteiger partial charge in [0.15, 0.2) is 6.04 Å². The molecular weight excluding hydrogens is 240 g/mol. The molecule has 0 aliphatic carbocycles. The van der Waals surface area contributed by atoms with E-state index in [4.69, 9.17) is 5.11 Å². The Kier molecular flexibility index (Phi) is 4.66. The van der Waals surface area contributed by atoms with Crippen LogP contribution in [0.4, 0.5) is 0 Å². The molecule has 3 N–H and O–H groups in total. The van der Waals surface area contributed by atoms with Crippen LogP contribution in [-0.4, -0.2) is 57.6 Å². The van der Waals surface area contributed by atoms with Gasteiger partial charge in [0.2, 0.25) is 11.8 Å². The number of aliphatic carboxylic acids is 1. The number of likely N-dealkylation sites (tertiary alicyclic amines) is 1. The van der Waals surface area contributed by atoms with Crippen molar-refractivity contribution >= 4 is 17.8 Å². The van der Waals surface area contributed by atoms with Gasteiger partial charge in [0.1, 0.15) is 6.04 Å². The number of hydrogen-bond acceptors (Lipinski definition) is 4. The van der Waals surface area contributed by atoms with E-state index in [-0.39, 0.29) is 5.91 Å². The largest absolute Gasteiger partial charge is 0.480 e. The van der Waals surface area contributed by atoms with Crippen LogP contribution in [0.25, 0.3) is 0 Å². The summed E-state index contributed by atoms with van der Waals surface area (Å²) in [5.41, 5.74) is 0. The highest BCUT2D eigenvalue weighted by atomic mass is 16.4. The molecule has 1 saturated heterocycles. The zero-order valence-electron chi connectivity index (χ0n) is 10.4. The van der Waals surface area contributed by atoms with Gasteiger partial charge in [-0.1, -0.05) is 0 Å². The lowest BCUT2D eigenvalue weighted by Gasteiger charge is -2.25. The second-order valence-electron chi connectivity index (χ2n) is 4.44. The van der Waals surface area contributed by atoms with E-state index in [0.717, 1.165) is 0 Å². The molecule has 1 rings (SSSR count). The molecule has 102 valence electrons. The van der Waals surface area contributed by atoms with Crippen LogP contribution in [0.1, 0.15) is 26.7 Å². The van der Waals surface area contributed by atoms with Gasteiger partial charge in [0.05, 0.1) is 6.10 Å².